The van der Waals surface area contributed by atoms with Crippen LogP contribution in [-0.2, 0) is 0 Å². The number of rotatable bonds is 7. The lowest BCUT2D eigenvalue weighted by Gasteiger charge is -2.12. The zero-order valence-electron chi connectivity index (χ0n) is 14.6. The Kier molecular flexibility index (Phi) is 6.68. The third kappa shape index (κ3) is 4.71. The molecule has 2 aromatic carbocycles. The van der Waals surface area contributed by atoms with Gasteiger partial charge < -0.3 is 9.47 Å². The average Bonchev–Trinajstić information content (AvgIpc) is 2.67. The van der Waals surface area contributed by atoms with Crippen LogP contribution in [0.3, 0.4) is 0 Å². The normalized spacial score (nSPS) is 10.8. The minimum Gasteiger partial charge on any atom is -0.493 e. The highest BCUT2D eigenvalue weighted by Gasteiger charge is 2.17. The number of methoxy groups -OCH3 is 1. The molecule has 2 aromatic rings. The van der Waals surface area contributed by atoms with E-state index in [1.807, 2.05) is 13.0 Å². The van der Waals surface area contributed by atoms with Gasteiger partial charge in [0.1, 0.15) is 11.6 Å². The van der Waals surface area contributed by atoms with Crippen molar-refractivity contribution in [2.24, 2.45) is 0 Å². The molecular formula is C19H15BrN2O5. The number of hydrogen-bond acceptors (Lipinski definition) is 6. The first-order valence-corrected chi connectivity index (χ1v) is 8.61. The Morgan fingerprint density at radius 1 is 1.37 bits per heavy atom. The van der Waals surface area contributed by atoms with Crippen LogP contribution in [0.25, 0.3) is 6.08 Å². The number of carbonyl (C=O) groups is 1. The summed E-state index contributed by atoms with van der Waals surface area (Å²) in [7, 11) is 1.48. The van der Waals surface area contributed by atoms with Crippen molar-refractivity contribution in [2.45, 2.75) is 6.92 Å². The van der Waals surface area contributed by atoms with Crippen molar-refractivity contribution in [1.82, 2.24) is 0 Å². The molecule has 0 heterocycles. The van der Waals surface area contributed by atoms with Gasteiger partial charge in [0.2, 0.25) is 5.78 Å². The lowest BCUT2D eigenvalue weighted by atomic mass is 10.0. The van der Waals surface area contributed by atoms with Gasteiger partial charge in [0.25, 0.3) is 5.69 Å². The van der Waals surface area contributed by atoms with Crippen LogP contribution in [0.2, 0.25) is 0 Å². The number of carbonyl (C=O) groups excluding carboxylic acids is 1. The quantitative estimate of drug-likeness (QED) is 0.210. The molecule has 0 aliphatic carbocycles. The molecule has 0 radical (unpaired) electrons. The average molecular weight is 431 g/mol. The Morgan fingerprint density at radius 2 is 2.11 bits per heavy atom. The summed E-state index contributed by atoms with van der Waals surface area (Å²) in [6.45, 7) is 2.28. The Labute approximate surface area is 164 Å². The molecule has 0 aliphatic rings. The summed E-state index contributed by atoms with van der Waals surface area (Å²) in [5.41, 5.74) is 0.226. The van der Waals surface area contributed by atoms with E-state index in [0.29, 0.717) is 28.1 Å². The minimum atomic E-state index is -0.606. The van der Waals surface area contributed by atoms with Gasteiger partial charge in [0.15, 0.2) is 11.5 Å². The maximum atomic E-state index is 12.6. The van der Waals surface area contributed by atoms with Crippen molar-refractivity contribution in [3.63, 3.8) is 0 Å². The lowest BCUT2D eigenvalue weighted by Crippen LogP contribution is -2.03. The first-order valence-electron chi connectivity index (χ1n) is 7.82. The Hall–Kier alpha value is -3.18. The summed E-state index contributed by atoms with van der Waals surface area (Å²) in [4.78, 5) is 22.9. The largest absolute Gasteiger partial charge is 0.493 e. The zero-order valence-corrected chi connectivity index (χ0v) is 16.1. The number of Topliss-reactive ketones (excluding diaryl/α,β-unsaturated/α-hetero) is 1. The first-order chi connectivity index (χ1) is 12.9. The molecule has 0 amide bonds. The van der Waals surface area contributed by atoms with Gasteiger partial charge in [-0.05, 0) is 46.6 Å². The highest BCUT2D eigenvalue weighted by atomic mass is 79.9. The van der Waals surface area contributed by atoms with E-state index in [2.05, 4.69) is 15.9 Å². The Morgan fingerprint density at radius 3 is 2.70 bits per heavy atom. The van der Waals surface area contributed by atoms with Gasteiger partial charge in [-0.2, -0.15) is 5.26 Å². The summed E-state index contributed by atoms with van der Waals surface area (Å²) in [5, 5.41) is 20.3. The van der Waals surface area contributed by atoms with Crippen molar-refractivity contribution in [1.29, 1.82) is 5.26 Å². The molecule has 0 saturated carbocycles. The van der Waals surface area contributed by atoms with Gasteiger partial charge in [0, 0.05) is 17.7 Å². The van der Waals surface area contributed by atoms with Crippen LogP contribution >= 0.6 is 15.9 Å². The van der Waals surface area contributed by atoms with Crippen LogP contribution < -0.4 is 9.47 Å². The molecule has 0 unspecified atom stereocenters. The summed E-state index contributed by atoms with van der Waals surface area (Å²) in [5.74, 6) is 0.350. The molecule has 0 atom stereocenters. The number of non-ortho nitro benzene ring substituents is 1. The summed E-state index contributed by atoms with van der Waals surface area (Å²) >= 11 is 3.38. The second kappa shape index (κ2) is 8.96. The molecule has 0 fully saturated rings. The van der Waals surface area contributed by atoms with E-state index in [9.17, 15) is 20.2 Å². The van der Waals surface area contributed by atoms with Crippen LogP contribution in [0, 0.1) is 21.4 Å². The highest BCUT2D eigenvalue weighted by Crippen LogP contribution is 2.37. The number of nitriles is 1. The number of ether oxygens (including phenoxy) is 2. The van der Waals surface area contributed by atoms with E-state index in [4.69, 9.17) is 9.47 Å². The van der Waals surface area contributed by atoms with Gasteiger partial charge in [-0.25, -0.2) is 0 Å². The van der Waals surface area contributed by atoms with E-state index < -0.39 is 10.7 Å². The molecule has 138 valence electrons. The fourth-order valence-electron chi connectivity index (χ4n) is 2.34. The number of benzene rings is 2. The van der Waals surface area contributed by atoms with Gasteiger partial charge in [-0.1, -0.05) is 12.1 Å². The predicted octanol–water partition coefficient (Wildman–Crippen LogP) is 4.55. The first kappa shape index (κ1) is 20.1. The second-order valence-corrected chi connectivity index (χ2v) is 6.13. The third-order valence-electron chi connectivity index (χ3n) is 3.54. The van der Waals surface area contributed by atoms with Crippen LogP contribution in [0.4, 0.5) is 5.69 Å². The predicted molar refractivity (Wildman–Crippen MR) is 103 cm³/mol. The van der Waals surface area contributed by atoms with Crippen LogP contribution in [-0.4, -0.2) is 24.4 Å². The third-order valence-corrected chi connectivity index (χ3v) is 4.12. The molecule has 0 bridgehead atoms. The lowest BCUT2D eigenvalue weighted by molar-refractivity contribution is -0.384. The second-order valence-electron chi connectivity index (χ2n) is 5.27. The van der Waals surface area contributed by atoms with E-state index in [1.54, 1.807) is 12.1 Å². The summed E-state index contributed by atoms with van der Waals surface area (Å²) < 4.78 is 11.4. The molecule has 0 aromatic heterocycles. The van der Waals surface area contributed by atoms with Gasteiger partial charge >= 0.3 is 0 Å². The van der Waals surface area contributed by atoms with Crippen molar-refractivity contribution in [2.75, 3.05) is 13.7 Å². The van der Waals surface area contributed by atoms with Crippen LogP contribution in [0.15, 0.2) is 46.4 Å². The van der Waals surface area contributed by atoms with Gasteiger partial charge in [0.05, 0.1) is 23.1 Å². The summed E-state index contributed by atoms with van der Waals surface area (Å²) in [6.07, 6.45) is 1.39. The van der Waals surface area contributed by atoms with Crippen LogP contribution in [0.1, 0.15) is 22.8 Å². The zero-order chi connectivity index (χ0) is 20.0. The number of nitro benzene ring substituents is 1. The number of nitro groups is 1. The fraction of sp³-hybridized carbons (Fsp3) is 0.158. The Balaban J connectivity index is 2.45. The van der Waals surface area contributed by atoms with Gasteiger partial charge in [-0.3, -0.25) is 14.9 Å². The fourth-order valence-corrected chi connectivity index (χ4v) is 2.91. The van der Waals surface area contributed by atoms with E-state index in [0.717, 1.165) is 6.07 Å². The molecule has 7 nitrogen and oxygen atoms in total. The number of hydrogen-bond donors (Lipinski definition) is 0. The molecule has 2 rings (SSSR count). The number of halogens is 1. The molecule has 0 N–H and O–H groups in total. The monoisotopic (exact) mass is 430 g/mol. The maximum Gasteiger partial charge on any atom is 0.270 e. The SMILES string of the molecule is CCOc1c(Br)cc(C=C(C#N)C(=O)c2cccc([N+](=O)[O-])c2)cc1OC. The maximum absolute atomic E-state index is 12.6. The molecular weight excluding hydrogens is 416 g/mol. The van der Waals surface area contributed by atoms with Crippen molar-refractivity contribution >= 4 is 33.5 Å². The smallest absolute Gasteiger partial charge is 0.270 e. The van der Waals surface area contributed by atoms with E-state index >= 15 is 0 Å². The molecule has 0 saturated heterocycles. The molecule has 0 spiro atoms. The Bertz CT molecular complexity index is 963. The molecule has 0 aliphatic heterocycles. The molecule has 8 heteroatoms. The van der Waals surface area contributed by atoms with Crippen molar-refractivity contribution < 1.29 is 19.2 Å². The standard InChI is InChI=1S/C19H15BrN2O5/c1-3-27-19-16(20)8-12(9-17(19)26-2)7-14(11-21)18(23)13-5-4-6-15(10-13)22(24)25/h4-10H,3H2,1-2H3. The topological polar surface area (TPSA) is 102 Å². The van der Waals surface area contributed by atoms with E-state index in [1.165, 1.54) is 31.4 Å². The van der Waals surface area contributed by atoms with E-state index in [-0.39, 0.29) is 16.8 Å². The number of nitrogens with zero attached hydrogens (tertiary/aromatic N) is 2. The number of ketones is 1. The van der Waals surface area contributed by atoms with Crippen LogP contribution in [0.5, 0.6) is 11.5 Å². The summed E-state index contributed by atoms with van der Waals surface area (Å²) in [6, 6.07) is 10.4. The van der Waals surface area contributed by atoms with Crippen molar-refractivity contribution in [3.05, 3.63) is 67.7 Å². The molecule has 27 heavy (non-hydrogen) atoms. The number of allylic oxidation sites excluding steroid dienone is 1. The minimum absolute atomic E-state index is 0.0639. The van der Waals surface area contributed by atoms with Crippen molar-refractivity contribution in [3.8, 4) is 17.6 Å². The van der Waals surface area contributed by atoms with Gasteiger partial charge in [-0.15, -0.1) is 0 Å². The highest BCUT2D eigenvalue weighted by molar-refractivity contribution is 9.10.